The minimum absolute atomic E-state index is 0.104. The molecule has 3 saturated carbocycles. The van der Waals surface area contributed by atoms with E-state index < -0.39 is 5.97 Å². The molecule has 4 aliphatic rings. The van der Waals surface area contributed by atoms with E-state index in [-0.39, 0.29) is 5.92 Å². The SMILES string of the molecule is O=C(O)C1CC2CCC1C1OC21. The number of carbonyl (C=O) groups is 1. The number of carboxylic acid groups (broad SMARTS) is 1. The normalized spacial score (nSPS) is 54.8. The Morgan fingerprint density at radius 2 is 2.17 bits per heavy atom. The van der Waals surface area contributed by atoms with Crippen LogP contribution in [-0.4, -0.2) is 23.3 Å². The standard InChI is InChI=1S/C9H12O3/c10-9(11)6-3-4-1-2-5(6)8-7(4)12-8/h4-8H,1-3H2,(H,10,11). The van der Waals surface area contributed by atoms with E-state index in [0.29, 0.717) is 24.0 Å². The first kappa shape index (κ1) is 6.89. The third-order valence-corrected chi connectivity index (χ3v) is 3.71. The van der Waals surface area contributed by atoms with Crippen LogP contribution >= 0.6 is 0 Å². The van der Waals surface area contributed by atoms with Crippen molar-refractivity contribution in [1.82, 2.24) is 0 Å². The average molecular weight is 168 g/mol. The lowest BCUT2D eigenvalue weighted by Gasteiger charge is -2.36. The molecule has 3 aliphatic carbocycles. The summed E-state index contributed by atoms with van der Waals surface area (Å²) < 4.78 is 5.48. The summed E-state index contributed by atoms with van der Waals surface area (Å²) in [6.45, 7) is 0. The van der Waals surface area contributed by atoms with Crippen LogP contribution in [0.25, 0.3) is 0 Å². The minimum atomic E-state index is -0.612. The minimum Gasteiger partial charge on any atom is -0.481 e. The third kappa shape index (κ3) is 0.724. The summed E-state index contributed by atoms with van der Waals surface area (Å²) in [5, 5.41) is 8.94. The molecule has 0 aromatic carbocycles. The monoisotopic (exact) mass is 168 g/mol. The van der Waals surface area contributed by atoms with Gasteiger partial charge in [-0.1, -0.05) is 0 Å². The Kier molecular flexibility index (Phi) is 1.16. The molecule has 1 aliphatic heterocycles. The Bertz CT molecular complexity index is 238. The lowest BCUT2D eigenvalue weighted by atomic mass is 9.65. The summed E-state index contributed by atoms with van der Waals surface area (Å²) in [5.41, 5.74) is 0. The lowest BCUT2D eigenvalue weighted by Crippen LogP contribution is -2.41. The number of carboxylic acids is 1. The van der Waals surface area contributed by atoms with Gasteiger partial charge in [0.1, 0.15) is 0 Å². The molecule has 4 rings (SSSR count). The molecule has 3 nitrogen and oxygen atoms in total. The van der Waals surface area contributed by atoms with Crippen LogP contribution in [0.5, 0.6) is 0 Å². The second kappa shape index (κ2) is 2.02. The van der Waals surface area contributed by atoms with Gasteiger partial charge in [0.25, 0.3) is 0 Å². The molecule has 1 heterocycles. The Balaban J connectivity index is 1.87. The van der Waals surface area contributed by atoms with Gasteiger partial charge in [0.2, 0.25) is 0 Å². The van der Waals surface area contributed by atoms with E-state index in [1.165, 1.54) is 6.42 Å². The predicted octanol–water partition coefficient (Wildman–Crippen LogP) is 0.885. The zero-order valence-corrected chi connectivity index (χ0v) is 6.77. The Labute approximate surface area is 70.7 Å². The molecule has 66 valence electrons. The van der Waals surface area contributed by atoms with E-state index in [1.54, 1.807) is 0 Å². The average Bonchev–Trinajstić information content (AvgIpc) is 2.84. The van der Waals surface area contributed by atoms with Crippen molar-refractivity contribution in [3.63, 3.8) is 0 Å². The van der Waals surface area contributed by atoms with Crippen molar-refractivity contribution in [2.24, 2.45) is 17.8 Å². The van der Waals surface area contributed by atoms with Gasteiger partial charge in [-0.05, 0) is 25.2 Å². The molecule has 0 aromatic heterocycles. The molecule has 0 amide bonds. The third-order valence-electron chi connectivity index (χ3n) is 3.71. The summed E-state index contributed by atoms with van der Waals surface area (Å²) in [4.78, 5) is 10.9. The topological polar surface area (TPSA) is 49.8 Å². The number of fused-ring (bicyclic) bond motifs is 2. The number of ether oxygens (including phenoxy) is 1. The zero-order valence-electron chi connectivity index (χ0n) is 6.77. The quantitative estimate of drug-likeness (QED) is 0.591. The van der Waals surface area contributed by atoms with Gasteiger partial charge in [-0.25, -0.2) is 0 Å². The summed E-state index contributed by atoms with van der Waals surface area (Å²) >= 11 is 0. The molecule has 0 aromatic rings. The van der Waals surface area contributed by atoms with Crippen molar-refractivity contribution in [3.8, 4) is 0 Å². The first-order chi connectivity index (χ1) is 5.77. The van der Waals surface area contributed by atoms with Crippen molar-refractivity contribution >= 4 is 5.97 Å². The maximum Gasteiger partial charge on any atom is 0.306 e. The molecule has 2 bridgehead atoms. The fourth-order valence-electron chi connectivity index (χ4n) is 3.06. The molecular formula is C9H12O3. The number of aliphatic carboxylic acids is 1. The number of hydrogen-bond acceptors (Lipinski definition) is 2. The molecule has 12 heavy (non-hydrogen) atoms. The molecule has 5 atom stereocenters. The summed E-state index contributed by atoms with van der Waals surface area (Å²) in [7, 11) is 0. The number of rotatable bonds is 1. The van der Waals surface area contributed by atoms with Crippen LogP contribution in [0.4, 0.5) is 0 Å². The van der Waals surface area contributed by atoms with Gasteiger partial charge in [0.05, 0.1) is 18.1 Å². The fraction of sp³-hybridized carbons (Fsp3) is 0.889. The van der Waals surface area contributed by atoms with Crippen LogP contribution in [0.1, 0.15) is 19.3 Å². The molecule has 5 unspecified atom stereocenters. The van der Waals surface area contributed by atoms with Gasteiger partial charge >= 0.3 is 5.97 Å². The summed E-state index contributed by atoms with van der Waals surface area (Å²) in [6.07, 6.45) is 3.89. The zero-order chi connectivity index (χ0) is 8.29. The predicted molar refractivity (Wildman–Crippen MR) is 40.6 cm³/mol. The van der Waals surface area contributed by atoms with E-state index in [2.05, 4.69) is 0 Å². The molecule has 1 saturated heterocycles. The highest BCUT2D eigenvalue weighted by molar-refractivity contribution is 5.71. The second-order valence-corrected chi connectivity index (χ2v) is 4.25. The van der Waals surface area contributed by atoms with Gasteiger partial charge in [-0.2, -0.15) is 0 Å². The van der Waals surface area contributed by atoms with E-state index >= 15 is 0 Å². The molecule has 0 radical (unpaired) electrons. The van der Waals surface area contributed by atoms with Gasteiger partial charge in [-0.3, -0.25) is 4.79 Å². The summed E-state index contributed by atoms with van der Waals surface area (Å²) in [5.74, 6) is 0.171. The fourth-order valence-corrected chi connectivity index (χ4v) is 3.06. The maximum absolute atomic E-state index is 10.9. The molecular weight excluding hydrogens is 156 g/mol. The van der Waals surface area contributed by atoms with Crippen LogP contribution in [0.2, 0.25) is 0 Å². The smallest absolute Gasteiger partial charge is 0.306 e. The molecule has 4 fully saturated rings. The number of hydrogen-bond donors (Lipinski definition) is 1. The van der Waals surface area contributed by atoms with Crippen LogP contribution in [-0.2, 0) is 9.53 Å². The number of epoxide rings is 1. The van der Waals surface area contributed by atoms with E-state index in [9.17, 15) is 4.79 Å². The second-order valence-electron chi connectivity index (χ2n) is 4.25. The van der Waals surface area contributed by atoms with Gasteiger partial charge in [0, 0.05) is 5.92 Å². The van der Waals surface area contributed by atoms with Crippen molar-refractivity contribution in [3.05, 3.63) is 0 Å². The maximum atomic E-state index is 10.9. The highest BCUT2D eigenvalue weighted by Crippen LogP contribution is 2.55. The van der Waals surface area contributed by atoms with Gasteiger partial charge in [-0.15, -0.1) is 0 Å². The molecule has 0 spiro atoms. The highest BCUT2D eigenvalue weighted by atomic mass is 16.6. The van der Waals surface area contributed by atoms with Crippen LogP contribution in [0, 0.1) is 17.8 Å². The van der Waals surface area contributed by atoms with Gasteiger partial charge < -0.3 is 9.84 Å². The van der Waals surface area contributed by atoms with Crippen molar-refractivity contribution in [1.29, 1.82) is 0 Å². The van der Waals surface area contributed by atoms with Crippen molar-refractivity contribution in [2.45, 2.75) is 31.5 Å². The van der Waals surface area contributed by atoms with E-state index in [1.807, 2.05) is 0 Å². The summed E-state index contributed by atoms with van der Waals surface area (Å²) in [6, 6.07) is 0. The van der Waals surface area contributed by atoms with Crippen LogP contribution < -0.4 is 0 Å². The van der Waals surface area contributed by atoms with Crippen LogP contribution in [0.15, 0.2) is 0 Å². The largest absolute Gasteiger partial charge is 0.481 e. The van der Waals surface area contributed by atoms with Crippen LogP contribution in [0.3, 0.4) is 0 Å². The molecule has 1 N–H and O–H groups in total. The first-order valence-corrected chi connectivity index (χ1v) is 4.65. The van der Waals surface area contributed by atoms with E-state index in [0.717, 1.165) is 12.8 Å². The van der Waals surface area contributed by atoms with Gasteiger partial charge in [0.15, 0.2) is 0 Å². The Hall–Kier alpha value is -0.570. The van der Waals surface area contributed by atoms with Crippen molar-refractivity contribution < 1.29 is 14.6 Å². The lowest BCUT2D eigenvalue weighted by molar-refractivity contribution is -0.146. The Morgan fingerprint density at radius 1 is 1.33 bits per heavy atom. The molecule has 3 heteroatoms. The first-order valence-electron chi connectivity index (χ1n) is 4.65. The Morgan fingerprint density at radius 3 is 2.83 bits per heavy atom. The van der Waals surface area contributed by atoms with E-state index in [4.69, 9.17) is 9.84 Å². The highest BCUT2D eigenvalue weighted by Gasteiger charge is 2.60. The van der Waals surface area contributed by atoms with Crippen molar-refractivity contribution in [2.75, 3.05) is 0 Å².